The van der Waals surface area contributed by atoms with Gasteiger partial charge in [-0.15, -0.1) is 0 Å². The fourth-order valence-corrected chi connectivity index (χ4v) is 2.11. The fourth-order valence-electron chi connectivity index (χ4n) is 1.62. The van der Waals surface area contributed by atoms with Crippen molar-refractivity contribution in [1.29, 1.82) is 0 Å². The standard InChI is InChI=1S/C15H25NO2S/c1-5-19-9-8-18-14-7-6-13(10-15(14)17-4)11-16-12(2)3/h6-7,10,12,16H,5,8-9,11H2,1-4H3. The van der Waals surface area contributed by atoms with Crippen LogP contribution in [0.4, 0.5) is 0 Å². The first-order chi connectivity index (χ1) is 9.17. The maximum absolute atomic E-state index is 5.74. The van der Waals surface area contributed by atoms with Crippen molar-refractivity contribution < 1.29 is 9.47 Å². The molecule has 0 bridgehead atoms. The molecule has 0 aliphatic heterocycles. The van der Waals surface area contributed by atoms with Gasteiger partial charge in [0, 0.05) is 18.3 Å². The third kappa shape index (κ3) is 6.21. The van der Waals surface area contributed by atoms with E-state index in [1.165, 1.54) is 5.56 Å². The van der Waals surface area contributed by atoms with E-state index in [2.05, 4.69) is 32.2 Å². The maximum atomic E-state index is 5.74. The predicted molar refractivity (Wildman–Crippen MR) is 83.5 cm³/mol. The predicted octanol–water partition coefficient (Wildman–Crippen LogP) is 3.33. The molecule has 0 unspecified atom stereocenters. The average Bonchev–Trinajstić information content (AvgIpc) is 2.42. The van der Waals surface area contributed by atoms with Crippen molar-refractivity contribution in [1.82, 2.24) is 5.32 Å². The molecule has 1 aromatic rings. The second kappa shape index (κ2) is 9.10. The first kappa shape index (κ1) is 16.2. The number of hydrogen-bond donors (Lipinski definition) is 1. The van der Waals surface area contributed by atoms with Crippen LogP contribution >= 0.6 is 11.8 Å². The molecule has 108 valence electrons. The van der Waals surface area contributed by atoms with Crippen LogP contribution in [0, 0.1) is 0 Å². The Morgan fingerprint density at radius 3 is 2.68 bits per heavy atom. The number of nitrogens with one attached hydrogen (secondary N) is 1. The molecule has 0 amide bonds. The third-order valence-electron chi connectivity index (χ3n) is 2.63. The Hall–Kier alpha value is -0.870. The lowest BCUT2D eigenvalue weighted by atomic mass is 10.2. The molecule has 0 saturated carbocycles. The number of ether oxygens (including phenoxy) is 2. The molecule has 0 radical (unpaired) electrons. The Bertz CT molecular complexity index is 369. The van der Waals surface area contributed by atoms with Crippen molar-refractivity contribution in [2.75, 3.05) is 25.2 Å². The number of thioether (sulfide) groups is 1. The summed E-state index contributed by atoms with van der Waals surface area (Å²) in [7, 11) is 1.68. The molecule has 1 N–H and O–H groups in total. The van der Waals surface area contributed by atoms with E-state index in [9.17, 15) is 0 Å². The van der Waals surface area contributed by atoms with Gasteiger partial charge < -0.3 is 14.8 Å². The molecule has 4 heteroatoms. The van der Waals surface area contributed by atoms with Crippen LogP contribution in [0.25, 0.3) is 0 Å². The second-order valence-corrected chi connectivity index (χ2v) is 5.96. The number of benzene rings is 1. The number of hydrogen-bond acceptors (Lipinski definition) is 4. The van der Waals surface area contributed by atoms with Gasteiger partial charge in [-0.1, -0.05) is 26.8 Å². The first-order valence-corrected chi connectivity index (χ1v) is 7.93. The molecule has 0 aliphatic rings. The van der Waals surface area contributed by atoms with Gasteiger partial charge in [-0.05, 0) is 23.4 Å². The van der Waals surface area contributed by atoms with E-state index in [0.29, 0.717) is 6.04 Å². The minimum Gasteiger partial charge on any atom is -0.493 e. The Kier molecular flexibility index (Phi) is 7.75. The van der Waals surface area contributed by atoms with E-state index in [-0.39, 0.29) is 0 Å². The van der Waals surface area contributed by atoms with E-state index in [0.717, 1.165) is 36.2 Å². The van der Waals surface area contributed by atoms with Crippen LogP contribution in [0.5, 0.6) is 11.5 Å². The minimum atomic E-state index is 0.480. The highest BCUT2D eigenvalue weighted by Crippen LogP contribution is 2.28. The quantitative estimate of drug-likeness (QED) is 0.704. The zero-order valence-electron chi connectivity index (χ0n) is 12.4. The highest BCUT2D eigenvalue weighted by molar-refractivity contribution is 7.99. The highest BCUT2D eigenvalue weighted by atomic mass is 32.2. The van der Waals surface area contributed by atoms with Crippen molar-refractivity contribution in [3.63, 3.8) is 0 Å². The second-order valence-electron chi connectivity index (χ2n) is 4.57. The lowest BCUT2D eigenvalue weighted by molar-refractivity contribution is 0.313. The van der Waals surface area contributed by atoms with Gasteiger partial charge in [0.25, 0.3) is 0 Å². The topological polar surface area (TPSA) is 30.5 Å². The van der Waals surface area contributed by atoms with Gasteiger partial charge in [0.05, 0.1) is 13.7 Å². The van der Waals surface area contributed by atoms with Crippen molar-refractivity contribution in [3.05, 3.63) is 23.8 Å². The molecular formula is C15H25NO2S. The lowest BCUT2D eigenvalue weighted by Crippen LogP contribution is -2.21. The summed E-state index contributed by atoms with van der Waals surface area (Å²) in [6, 6.07) is 6.60. The van der Waals surface area contributed by atoms with Crippen LogP contribution in [0.3, 0.4) is 0 Å². The van der Waals surface area contributed by atoms with Crippen molar-refractivity contribution in [2.24, 2.45) is 0 Å². The van der Waals surface area contributed by atoms with E-state index < -0.39 is 0 Å². The summed E-state index contributed by atoms with van der Waals surface area (Å²) in [5.74, 6) is 3.77. The Morgan fingerprint density at radius 2 is 2.05 bits per heavy atom. The van der Waals surface area contributed by atoms with Crippen LogP contribution in [0.2, 0.25) is 0 Å². The molecule has 0 aliphatic carbocycles. The number of methoxy groups -OCH3 is 1. The van der Waals surface area contributed by atoms with Gasteiger partial charge in [0.1, 0.15) is 0 Å². The smallest absolute Gasteiger partial charge is 0.161 e. The van der Waals surface area contributed by atoms with Gasteiger partial charge in [-0.2, -0.15) is 11.8 Å². The molecule has 3 nitrogen and oxygen atoms in total. The van der Waals surface area contributed by atoms with Crippen LogP contribution in [-0.2, 0) is 6.54 Å². The fraction of sp³-hybridized carbons (Fsp3) is 0.600. The molecule has 0 spiro atoms. The molecule has 0 aromatic heterocycles. The van der Waals surface area contributed by atoms with E-state index >= 15 is 0 Å². The Labute approximate surface area is 121 Å². The van der Waals surface area contributed by atoms with Crippen LogP contribution < -0.4 is 14.8 Å². The summed E-state index contributed by atoms with van der Waals surface area (Å²) in [4.78, 5) is 0. The molecule has 1 aromatic carbocycles. The van der Waals surface area contributed by atoms with Crippen LogP contribution in [0.1, 0.15) is 26.3 Å². The van der Waals surface area contributed by atoms with Gasteiger partial charge in [0.15, 0.2) is 11.5 Å². The lowest BCUT2D eigenvalue weighted by Gasteiger charge is -2.13. The van der Waals surface area contributed by atoms with Crippen LogP contribution in [-0.4, -0.2) is 31.3 Å². The van der Waals surface area contributed by atoms with E-state index in [1.807, 2.05) is 23.9 Å². The third-order valence-corrected chi connectivity index (χ3v) is 3.50. The van der Waals surface area contributed by atoms with Gasteiger partial charge in [-0.25, -0.2) is 0 Å². The molecule has 0 atom stereocenters. The van der Waals surface area contributed by atoms with E-state index in [1.54, 1.807) is 7.11 Å². The highest BCUT2D eigenvalue weighted by Gasteiger charge is 2.06. The molecular weight excluding hydrogens is 258 g/mol. The first-order valence-electron chi connectivity index (χ1n) is 6.78. The SMILES string of the molecule is CCSCCOc1ccc(CNC(C)C)cc1OC. The van der Waals surface area contributed by atoms with E-state index in [4.69, 9.17) is 9.47 Å². The largest absolute Gasteiger partial charge is 0.493 e. The summed E-state index contributed by atoms with van der Waals surface area (Å²) < 4.78 is 11.1. The van der Waals surface area contributed by atoms with Crippen molar-refractivity contribution in [3.8, 4) is 11.5 Å². The normalized spacial score (nSPS) is 10.8. The molecule has 1 rings (SSSR count). The summed E-state index contributed by atoms with van der Waals surface area (Å²) >= 11 is 1.88. The maximum Gasteiger partial charge on any atom is 0.161 e. The summed E-state index contributed by atoms with van der Waals surface area (Å²) in [6.07, 6.45) is 0. The van der Waals surface area contributed by atoms with Crippen molar-refractivity contribution in [2.45, 2.75) is 33.4 Å². The molecule has 0 fully saturated rings. The molecule has 19 heavy (non-hydrogen) atoms. The van der Waals surface area contributed by atoms with Gasteiger partial charge >= 0.3 is 0 Å². The van der Waals surface area contributed by atoms with Gasteiger partial charge in [-0.3, -0.25) is 0 Å². The number of rotatable bonds is 9. The van der Waals surface area contributed by atoms with Crippen molar-refractivity contribution >= 4 is 11.8 Å². The summed E-state index contributed by atoms with van der Waals surface area (Å²) in [6.45, 7) is 8.00. The molecule has 0 saturated heterocycles. The zero-order valence-corrected chi connectivity index (χ0v) is 13.2. The molecule has 0 heterocycles. The Morgan fingerprint density at radius 1 is 1.26 bits per heavy atom. The Balaban J connectivity index is 2.57. The minimum absolute atomic E-state index is 0.480. The van der Waals surface area contributed by atoms with Crippen LogP contribution in [0.15, 0.2) is 18.2 Å². The van der Waals surface area contributed by atoms with Gasteiger partial charge in [0.2, 0.25) is 0 Å². The summed E-state index contributed by atoms with van der Waals surface area (Å²) in [5, 5.41) is 3.39. The zero-order chi connectivity index (χ0) is 14.1. The summed E-state index contributed by atoms with van der Waals surface area (Å²) in [5.41, 5.74) is 1.21. The monoisotopic (exact) mass is 283 g/mol. The average molecular weight is 283 g/mol.